The Morgan fingerprint density at radius 1 is 1.14 bits per heavy atom. The zero-order valence-electron chi connectivity index (χ0n) is 15.7. The molecule has 1 aromatic carbocycles. The van der Waals surface area contributed by atoms with Gasteiger partial charge in [0.25, 0.3) is 11.8 Å². The predicted molar refractivity (Wildman–Crippen MR) is 103 cm³/mol. The molecule has 2 heterocycles. The Hall–Kier alpha value is -2.87. The highest BCUT2D eigenvalue weighted by molar-refractivity contribution is 5.96. The fourth-order valence-electron chi connectivity index (χ4n) is 3.08. The zero-order chi connectivity index (χ0) is 19.7. The van der Waals surface area contributed by atoms with Gasteiger partial charge < -0.3 is 21.4 Å². The van der Waals surface area contributed by atoms with Crippen LogP contribution in [0.15, 0.2) is 30.0 Å². The molecular weight excluding hydrogens is 361 g/mol. The molecule has 1 saturated carbocycles. The van der Waals surface area contributed by atoms with Crippen molar-refractivity contribution in [3.63, 3.8) is 0 Å². The van der Waals surface area contributed by atoms with Gasteiger partial charge >= 0.3 is 0 Å². The third kappa shape index (κ3) is 4.01. The summed E-state index contributed by atoms with van der Waals surface area (Å²) in [6, 6.07) is 2.99. The van der Waals surface area contributed by atoms with Crippen LogP contribution < -0.4 is 26.8 Å². The Bertz CT molecular complexity index is 872. The maximum absolute atomic E-state index is 14.4. The highest BCUT2D eigenvalue weighted by Crippen LogP contribution is 2.27. The molecule has 5 N–H and O–H groups in total. The molecule has 1 aliphatic carbocycles. The standard InChI is InChI=1S/C20H24FN5O2/c1-11-15(6-13(7-16(11)21)19(27)24-14-9-22-10-14)17-4-5-18(26-25-17)20(28)23-8-12-2-3-12/h4-7,12,14,22,25-26H,2-3,8-10H2,1H3,(H,23,28)(H,24,27). The number of hydrogen-bond donors (Lipinski definition) is 5. The number of benzene rings is 1. The Kier molecular flexibility index (Phi) is 5.04. The number of carbonyl (C=O) groups is 2. The minimum absolute atomic E-state index is 0.0774. The Morgan fingerprint density at radius 2 is 1.93 bits per heavy atom. The number of rotatable bonds is 6. The number of allylic oxidation sites excluding steroid dienone is 2. The van der Waals surface area contributed by atoms with Crippen molar-refractivity contribution >= 4 is 17.5 Å². The van der Waals surface area contributed by atoms with Crippen molar-refractivity contribution < 1.29 is 14.0 Å². The molecule has 2 amide bonds. The largest absolute Gasteiger partial charge is 0.350 e. The lowest BCUT2D eigenvalue weighted by Crippen LogP contribution is -2.56. The lowest BCUT2D eigenvalue weighted by atomic mass is 10.00. The van der Waals surface area contributed by atoms with E-state index in [0.717, 1.165) is 13.1 Å². The summed E-state index contributed by atoms with van der Waals surface area (Å²) in [6.45, 7) is 3.79. The molecule has 0 radical (unpaired) electrons. The van der Waals surface area contributed by atoms with Crippen LogP contribution in [0.5, 0.6) is 0 Å². The number of halogens is 1. The maximum Gasteiger partial charge on any atom is 0.269 e. The van der Waals surface area contributed by atoms with Crippen molar-refractivity contribution in [2.45, 2.75) is 25.8 Å². The molecule has 0 bridgehead atoms. The summed E-state index contributed by atoms with van der Waals surface area (Å²) in [7, 11) is 0. The number of hydrogen-bond acceptors (Lipinski definition) is 5. The smallest absolute Gasteiger partial charge is 0.269 e. The second-order valence-electron chi connectivity index (χ2n) is 7.52. The van der Waals surface area contributed by atoms with Gasteiger partial charge in [0.05, 0.1) is 11.7 Å². The van der Waals surface area contributed by atoms with E-state index < -0.39 is 5.82 Å². The molecule has 148 valence electrons. The van der Waals surface area contributed by atoms with E-state index in [1.807, 2.05) is 0 Å². The summed E-state index contributed by atoms with van der Waals surface area (Å²) in [6.07, 6.45) is 5.70. The van der Waals surface area contributed by atoms with Crippen molar-refractivity contribution in [1.29, 1.82) is 0 Å². The summed E-state index contributed by atoms with van der Waals surface area (Å²) in [5, 5.41) is 8.83. The molecular formula is C20H24FN5O2. The Labute approximate surface area is 162 Å². The van der Waals surface area contributed by atoms with Gasteiger partial charge in [0.15, 0.2) is 0 Å². The number of amides is 2. The van der Waals surface area contributed by atoms with Crippen molar-refractivity contribution in [2.24, 2.45) is 5.92 Å². The van der Waals surface area contributed by atoms with Gasteiger partial charge in [0.1, 0.15) is 11.5 Å². The second kappa shape index (κ2) is 7.63. The molecule has 2 fully saturated rings. The van der Waals surface area contributed by atoms with Crippen molar-refractivity contribution in [3.8, 4) is 0 Å². The van der Waals surface area contributed by atoms with Gasteiger partial charge in [-0.25, -0.2) is 4.39 Å². The lowest BCUT2D eigenvalue weighted by Gasteiger charge is -2.28. The van der Waals surface area contributed by atoms with E-state index in [2.05, 4.69) is 26.8 Å². The molecule has 0 spiro atoms. The van der Waals surface area contributed by atoms with E-state index in [4.69, 9.17) is 0 Å². The maximum atomic E-state index is 14.4. The Morgan fingerprint density at radius 3 is 2.54 bits per heavy atom. The van der Waals surface area contributed by atoms with E-state index in [1.165, 1.54) is 18.9 Å². The molecule has 0 atom stereocenters. The van der Waals surface area contributed by atoms with Gasteiger partial charge in [-0.1, -0.05) is 0 Å². The summed E-state index contributed by atoms with van der Waals surface area (Å²) in [5.74, 6) is -0.331. The van der Waals surface area contributed by atoms with Crippen LogP contribution in [-0.4, -0.2) is 37.5 Å². The minimum atomic E-state index is -0.450. The molecule has 8 heteroatoms. The Balaban J connectivity index is 1.50. The van der Waals surface area contributed by atoms with Gasteiger partial charge in [0, 0.05) is 30.8 Å². The van der Waals surface area contributed by atoms with Crippen molar-refractivity contribution in [1.82, 2.24) is 26.8 Å². The molecule has 28 heavy (non-hydrogen) atoms. The summed E-state index contributed by atoms with van der Waals surface area (Å²) < 4.78 is 14.4. The monoisotopic (exact) mass is 385 g/mol. The molecule has 1 aromatic rings. The van der Waals surface area contributed by atoms with E-state index in [-0.39, 0.29) is 23.4 Å². The quantitative estimate of drug-likeness (QED) is 0.497. The summed E-state index contributed by atoms with van der Waals surface area (Å²) in [4.78, 5) is 24.5. The van der Waals surface area contributed by atoms with Crippen LogP contribution in [0, 0.1) is 18.7 Å². The molecule has 2 aliphatic heterocycles. The van der Waals surface area contributed by atoms with Gasteiger partial charge in [-0.15, -0.1) is 0 Å². The molecule has 0 unspecified atom stereocenters. The van der Waals surface area contributed by atoms with E-state index in [0.29, 0.717) is 35.0 Å². The molecule has 3 aliphatic rings. The normalized spacial score (nSPS) is 18.8. The highest BCUT2D eigenvalue weighted by Gasteiger charge is 2.24. The summed E-state index contributed by atoms with van der Waals surface area (Å²) >= 11 is 0. The van der Waals surface area contributed by atoms with Gasteiger partial charge in [0.2, 0.25) is 0 Å². The van der Waals surface area contributed by atoms with Crippen LogP contribution in [0.2, 0.25) is 0 Å². The van der Waals surface area contributed by atoms with E-state index >= 15 is 0 Å². The van der Waals surface area contributed by atoms with Crippen molar-refractivity contribution in [3.05, 3.63) is 52.5 Å². The first-order chi connectivity index (χ1) is 13.5. The average Bonchev–Trinajstić information content (AvgIpc) is 3.49. The zero-order valence-corrected chi connectivity index (χ0v) is 15.7. The number of carbonyl (C=O) groups excluding carboxylic acids is 2. The average molecular weight is 385 g/mol. The predicted octanol–water partition coefficient (Wildman–Crippen LogP) is 0.695. The number of nitrogens with one attached hydrogen (secondary N) is 5. The van der Waals surface area contributed by atoms with Gasteiger partial charge in [-0.2, -0.15) is 0 Å². The lowest BCUT2D eigenvalue weighted by molar-refractivity contribution is -0.118. The topological polar surface area (TPSA) is 94.3 Å². The van der Waals surface area contributed by atoms with Crippen LogP contribution in [0.3, 0.4) is 0 Å². The first-order valence-corrected chi connectivity index (χ1v) is 9.55. The molecule has 7 nitrogen and oxygen atoms in total. The van der Waals surface area contributed by atoms with Crippen molar-refractivity contribution in [2.75, 3.05) is 19.6 Å². The second-order valence-corrected chi connectivity index (χ2v) is 7.52. The van der Waals surface area contributed by atoms with Crippen LogP contribution in [0.1, 0.15) is 34.3 Å². The molecule has 1 saturated heterocycles. The first kappa shape index (κ1) is 18.5. The van der Waals surface area contributed by atoms with Crippen LogP contribution >= 0.6 is 0 Å². The van der Waals surface area contributed by atoms with Gasteiger partial charge in [-0.05, 0) is 55.5 Å². The van der Waals surface area contributed by atoms with E-state index in [1.54, 1.807) is 25.1 Å². The molecule has 4 rings (SSSR count). The minimum Gasteiger partial charge on any atom is -0.350 e. The third-order valence-corrected chi connectivity index (χ3v) is 5.25. The highest BCUT2D eigenvalue weighted by atomic mass is 19.1. The summed E-state index contributed by atoms with van der Waals surface area (Å²) in [5.41, 5.74) is 8.05. The number of hydrazine groups is 1. The first-order valence-electron chi connectivity index (χ1n) is 9.55. The van der Waals surface area contributed by atoms with Crippen LogP contribution in [0.4, 0.5) is 4.39 Å². The molecule has 0 aromatic heterocycles. The SMILES string of the molecule is Cc1c(F)cc(C(=O)NC2CNC2)cc1C1=CC=C(C(=O)NCC2CC2)NN1. The van der Waals surface area contributed by atoms with Crippen LogP contribution in [0.25, 0.3) is 5.70 Å². The van der Waals surface area contributed by atoms with E-state index in [9.17, 15) is 14.0 Å². The fourth-order valence-corrected chi connectivity index (χ4v) is 3.08. The van der Waals surface area contributed by atoms with Gasteiger partial charge in [-0.3, -0.25) is 15.0 Å². The fraction of sp³-hybridized carbons (Fsp3) is 0.400. The third-order valence-electron chi connectivity index (χ3n) is 5.25. The van der Waals surface area contributed by atoms with Crippen LogP contribution in [-0.2, 0) is 4.79 Å².